The van der Waals surface area contributed by atoms with Crippen LogP contribution in [0.15, 0.2) is 29.3 Å². The summed E-state index contributed by atoms with van der Waals surface area (Å²) in [5.41, 5.74) is 6.38. The van der Waals surface area contributed by atoms with Gasteiger partial charge in [0.2, 0.25) is 0 Å². The fourth-order valence-corrected chi connectivity index (χ4v) is 2.38. The van der Waals surface area contributed by atoms with Crippen molar-refractivity contribution < 1.29 is 9.53 Å². The van der Waals surface area contributed by atoms with Crippen LogP contribution in [0.5, 0.6) is 5.75 Å². The molecule has 1 aromatic carbocycles. The zero-order chi connectivity index (χ0) is 18.3. The van der Waals surface area contributed by atoms with Gasteiger partial charge in [0.25, 0.3) is 5.91 Å². The van der Waals surface area contributed by atoms with E-state index < -0.39 is 0 Å². The number of nitrogens with zero attached hydrogens (tertiary/aromatic N) is 1. The van der Waals surface area contributed by atoms with Crippen LogP contribution in [0.25, 0.3) is 0 Å². The zero-order valence-electron chi connectivity index (χ0n) is 15.5. The quantitative estimate of drug-likeness (QED) is 0.308. The van der Waals surface area contributed by atoms with Gasteiger partial charge < -0.3 is 21.1 Å². The number of rotatable bonds is 12. The summed E-state index contributed by atoms with van der Waals surface area (Å²) < 4.78 is 5.11. The molecular weight excluding hydrogens is 316 g/mol. The van der Waals surface area contributed by atoms with E-state index in [9.17, 15) is 4.79 Å². The van der Waals surface area contributed by atoms with Crippen LogP contribution in [0.1, 0.15) is 55.8 Å². The second-order valence-electron chi connectivity index (χ2n) is 5.95. The third-order valence-corrected chi connectivity index (χ3v) is 3.84. The molecule has 140 valence electrons. The van der Waals surface area contributed by atoms with E-state index >= 15 is 0 Å². The summed E-state index contributed by atoms with van der Waals surface area (Å²) in [7, 11) is 1.58. The molecule has 0 saturated heterocycles. The molecule has 0 aliphatic heterocycles. The summed E-state index contributed by atoms with van der Waals surface area (Å²) in [6.07, 6.45) is 7.43. The molecule has 0 fully saturated rings. The van der Waals surface area contributed by atoms with Gasteiger partial charge in [0, 0.05) is 25.2 Å². The lowest BCUT2D eigenvalue weighted by atomic mass is 10.1. The average molecular weight is 348 g/mol. The molecular formula is C19H32N4O2. The van der Waals surface area contributed by atoms with E-state index in [0.29, 0.717) is 30.4 Å². The van der Waals surface area contributed by atoms with Gasteiger partial charge in [-0.1, -0.05) is 45.1 Å². The maximum absolute atomic E-state index is 12.0. The second-order valence-corrected chi connectivity index (χ2v) is 5.95. The van der Waals surface area contributed by atoms with Crippen LogP contribution in [-0.2, 0) is 0 Å². The molecule has 0 spiro atoms. The van der Waals surface area contributed by atoms with E-state index in [4.69, 9.17) is 10.5 Å². The molecule has 0 aromatic heterocycles. The minimum atomic E-state index is -0.136. The molecule has 0 atom stereocenters. The lowest BCUT2D eigenvalue weighted by molar-refractivity contribution is 0.0954. The van der Waals surface area contributed by atoms with Crippen molar-refractivity contribution in [3.63, 3.8) is 0 Å². The topological polar surface area (TPSA) is 88.7 Å². The van der Waals surface area contributed by atoms with Crippen molar-refractivity contribution >= 4 is 11.9 Å². The van der Waals surface area contributed by atoms with Gasteiger partial charge >= 0.3 is 0 Å². The van der Waals surface area contributed by atoms with Gasteiger partial charge in [-0.05, 0) is 24.6 Å². The van der Waals surface area contributed by atoms with Crippen molar-refractivity contribution in [2.45, 2.75) is 45.4 Å². The summed E-state index contributed by atoms with van der Waals surface area (Å²) in [5.74, 6) is 0.962. The van der Waals surface area contributed by atoms with Gasteiger partial charge in [-0.2, -0.15) is 0 Å². The number of benzene rings is 1. The number of carbonyl (C=O) groups excluding carboxylic acids is 1. The first kappa shape index (κ1) is 20.8. The molecule has 0 saturated carbocycles. The third kappa shape index (κ3) is 9.59. The van der Waals surface area contributed by atoms with Crippen molar-refractivity contribution in [2.24, 2.45) is 10.7 Å². The zero-order valence-corrected chi connectivity index (χ0v) is 15.5. The molecule has 25 heavy (non-hydrogen) atoms. The molecule has 6 nitrogen and oxygen atoms in total. The number of aliphatic imine (C=N–C) groups is 1. The Morgan fingerprint density at radius 2 is 1.84 bits per heavy atom. The Bertz CT molecular complexity index is 532. The Kier molecular flexibility index (Phi) is 10.9. The first-order valence-electron chi connectivity index (χ1n) is 9.13. The number of unbranched alkanes of at least 4 members (excludes halogenated alkanes) is 5. The molecule has 0 aliphatic carbocycles. The Morgan fingerprint density at radius 1 is 1.12 bits per heavy atom. The number of carbonyl (C=O) groups is 1. The third-order valence-electron chi connectivity index (χ3n) is 3.84. The number of methoxy groups -OCH3 is 1. The highest BCUT2D eigenvalue weighted by atomic mass is 16.5. The number of guanidine groups is 1. The molecule has 0 radical (unpaired) electrons. The molecule has 4 N–H and O–H groups in total. The highest BCUT2D eigenvalue weighted by molar-refractivity contribution is 5.94. The molecule has 1 aromatic rings. The summed E-state index contributed by atoms with van der Waals surface area (Å²) >= 11 is 0. The van der Waals surface area contributed by atoms with E-state index in [2.05, 4.69) is 22.5 Å². The van der Waals surface area contributed by atoms with Gasteiger partial charge in [-0.15, -0.1) is 0 Å². The van der Waals surface area contributed by atoms with Gasteiger partial charge in [-0.3, -0.25) is 9.79 Å². The van der Waals surface area contributed by atoms with Crippen molar-refractivity contribution in [2.75, 3.05) is 26.7 Å². The summed E-state index contributed by atoms with van der Waals surface area (Å²) in [5, 5.41) is 5.85. The molecule has 0 bridgehead atoms. The normalized spacial score (nSPS) is 11.2. The Hall–Kier alpha value is -2.24. The average Bonchev–Trinajstić information content (AvgIpc) is 2.64. The van der Waals surface area contributed by atoms with Crippen LogP contribution in [0.3, 0.4) is 0 Å². The SMILES string of the molecule is CCCCCCCCN=C(N)NCCNC(=O)c1cccc(OC)c1. The van der Waals surface area contributed by atoms with Crippen LogP contribution >= 0.6 is 0 Å². The first-order valence-corrected chi connectivity index (χ1v) is 9.13. The minimum Gasteiger partial charge on any atom is -0.497 e. The smallest absolute Gasteiger partial charge is 0.251 e. The lowest BCUT2D eigenvalue weighted by Gasteiger charge is -2.08. The van der Waals surface area contributed by atoms with Crippen molar-refractivity contribution in [1.82, 2.24) is 10.6 Å². The monoisotopic (exact) mass is 348 g/mol. The molecule has 0 unspecified atom stereocenters. The van der Waals surface area contributed by atoms with Crippen LogP contribution in [0.2, 0.25) is 0 Å². The number of nitrogens with one attached hydrogen (secondary N) is 2. The van der Waals surface area contributed by atoms with Crippen LogP contribution in [0.4, 0.5) is 0 Å². The second kappa shape index (κ2) is 13.1. The largest absolute Gasteiger partial charge is 0.497 e. The molecule has 1 rings (SSSR count). The van der Waals surface area contributed by atoms with E-state index in [1.807, 2.05) is 0 Å². The van der Waals surface area contributed by atoms with Crippen molar-refractivity contribution in [3.8, 4) is 5.75 Å². The van der Waals surface area contributed by atoms with Crippen molar-refractivity contribution in [1.29, 1.82) is 0 Å². The molecule has 0 heterocycles. The predicted molar refractivity (Wildman–Crippen MR) is 103 cm³/mol. The summed E-state index contributed by atoms with van der Waals surface area (Å²) in [4.78, 5) is 16.3. The highest BCUT2D eigenvalue weighted by Crippen LogP contribution is 2.12. The van der Waals surface area contributed by atoms with E-state index in [-0.39, 0.29) is 5.91 Å². The number of hydrogen-bond donors (Lipinski definition) is 3. The Labute approximate surface area is 151 Å². The Balaban J connectivity index is 2.13. The van der Waals surface area contributed by atoms with Gasteiger partial charge in [0.05, 0.1) is 7.11 Å². The van der Waals surface area contributed by atoms with Crippen LogP contribution in [0, 0.1) is 0 Å². The summed E-state index contributed by atoms with van der Waals surface area (Å²) in [6, 6.07) is 7.05. The number of amides is 1. The predicted octanol–water partition coefficient (Wildman–Crippen LogP) is 2.69. The fraction of sp³-hybridized carbons (Fsp3) is 0.579. The number of ether oxygens (including phenoxy) is 1. The van der Waals surface area contributed by atoms with E-state index in [1.165, 1.54) is 32.1 Å². The molecule has 0 aliphatic rings. The van der Waals surface area contributed by atoms with Crippen molar-refractivity contribution in [3.05, 3.63) is 29.8 Å². The maximum atomic E-state index is 12.0. The standard InChI is InChI=1S/C19H32N4O2/c1-3-4-5-6-7-8-12-22-19(20)23-14-13-21-18(24)16-10-9-11-17(15-16)25-2/h9-11,15H,3-8,12-14H2,1-2H3,(H,21,24)(H3,20,22,23). The lowest BCUT2D eigenvalue weighted by Crippen LogP contribution is -2.38. The van der Waals surface area contributed by atoms with E-state index in [1.54, 1.807) is 31.4 Å². The number of nitrogens with two attached hydrogens (primary N) is 1. The van der Waals surface area contributed by atoms with Gasteiger partial charge in [0.15, 0.2) is 5.96 Å². The Morgan fingerprint density at radius 3 is 2.60 bits per heavy atom. The minimum absolute atomic E-state index is 0.136. The van der Waals surface area contributed by atoms with E-state index in [0.717, 1.165) is 13.0 Å². The number of hydrogen-bond acceptors (Lipinski definition) is 3. The first-order chi connectivity index (χ1) is 12.2. The van der Waals surface area contributed by atoms with Crippen LogP contribution in [-0.4, -0.2) is 38.6 Å². The molecule has 1 amide bonds. The maximum Gasteiger partial charge on any atom is 0.251 e. The van der Waals surface area contributed by atoms with Crippen LogP contribution < -0.4 is 21.1 Å². The van der Waals surface area contributed by atoms with Gasteiger partial charge in [0.1, 0.15) is 5.75 Å². The summed E-state index contributed by atoms with van der Waals surface area (Å²) in [6.45, 7) is 3.99. The highest BCUT2D eigenvalue weighted by Gasteiger charge is 2.05. The fourth-order valence-electron chi connectivity index (χ4n) is 2.38. The van der Waals surface area contributed by atoms with Gasteiger partial charge in [-0.25, -0.2) is 0 Å². The molecule has 6 heteroatoms.